The quantitative estimate of drug-likeness (QED) is 0.926. The van der Waals surface area contributed by atoms with Crippen molar-refractivity contribution < 1.29 is 13.2 Å². The zero-order valence-electron chi connectivity index (χ0n) is 11.9. The highest BCUT2D eigenvalue weighted by Gasteiger charge is 2.25. The smallest absolute Gasteiger partial charge is 0.264 e. The van der Waals surface area contributed by atoms with Gasteiger partial charge in [0.25, 0.3) is 5.91 Å². The summed E-state index contributed by atoms with van der Waals surface area (Å²) in [7, 11) is -2.07. The van der Waals surface area contributed by atoms with Crippen molar-refractivity contribution in [3.8, 4) is 0 Å². The summed E-state index contributed by atoms with van der Waals surface area (Å²) in [6, 6.07) is 5.27. The first kappa shape index (κ1) is 16.2. The predicted octanol–water partition coefficient (Wildman–Crippen LogP) is 2.60. The van der Waals surface area contributed by atoms with Gasteiger partial charge >= 0.3 is 0 Å². The summed E-state index contributed by atoms with van der Waals surface area (Å²) >= 11 is 2.50. The Balaban J connectivity index is 2.30. The summed E-state index contributed by atoms with van der Waals surface area (Å²) in [6.45, 7) is 3.65. The maximum Gasteiger partial charge on any atom is 0.264 e. The van der Waals surface area contributed by atoms with Crippen molar-refractivity contribution in [2.45, 2.75) is 24.1 Å². The van der Waals surface area contributed by atoms with E-state index >= 15 is 0 Å². The van der Waals surface area contributed by atoms with Gasteiger partial charge in [0.15, 0.2) is 0 Å². The van der Waals surface area contributed by atoms with E-state index in [0.717, 1.165) is 16.2 Å². The SMILES string of the molecule is Cc1cc(S(N)(=O)=O)sc1C(=O)N(C)C(C)c1cccs1. The molecule has 0 aliphatic carbocycles. The highest BCUT2D eigenvalue weighted by atomic mass is 32.2. The number of primary sulfonamides is 1. The minimum atomic E-state index is -3.78. The van der Waals surface area contributed by atoms with Gasteiger partial charge < -0.3 is 4.90 Å². The first-order chi connectivity index (χ1) is 9.71. The Morgan fingerprint density at radius 3 is 2.57 bits per heavy atom. The third-order valence-corrected chi connectivity index (χ3v) is 6.91. The zero-order chi connectivity index (χ0) is 15.8. The van der Waals surface area contributed by atoms with Crippen molar-refractivity contribution in [3.05, 3.63) is 38.9 Å². The minimum Gasteiger partial charge on any atom is -0.333 e. The van der Waals surface area contributed by atoms with Crippen LogP contribution in [-0.2, 0) is 10.0 Å². The molecule has 0 fully saturated rings. The molecule has 0 saturated carbocycles. The van der Waals surface area contributed by atoms with Crippen LogP contribution in [0.15, 0.2) is 27.8 Å². The molecular formula is C13H16N2O3S3. The Hall–Kier alpha value is -1.22. The van der Waals surface area contributed by atoms with Crippen LogP contribution in [0, 0.1) is 6.92 Å². The Labute approximate surface area is 132 Å². The van der Waals surface area contributed by atoms with Gasteiger partial charge in [0, 0.05) is 11.9 Å². The third kappa shape index (κ3) is 3.34. The molecular weight excluding hydrogens is 328 g/mol. The highest BCUT2D eigenvalue weighted by Crippen LogP contribution is 2.30. The lowest BCUT2D eigenvalue weighted by Crippen LogP contribution is -2.29. The van der Waals surface area contributed by atoms with Gasteiger partial charge in [-0.1, -0.05) is 6.07 Å². The average molecular weight is 344 g/mol. The first-order valence-corrected chi connectivity index (χ1v) is 9.40. The number of carbonyl (C=O) groups excluding carboxylic acids is 1. The fourth-order valence-electron chi connectivity index (χ4n) is 1.86. The van der Waals surface area contributed by atoms with Crippen molar-refractivity contribution in [1.29, 1.82) is 0 Å². The molecule has 114 valence electrons. The molecule has 0 aromatic carbocycles. The summed E-state index contributed by atoms with van der Waals surface area (Å²) in [5, 5.41) is 7.07. The number of carbonyl (C=O) groups is 1. The van der Waals surface area contributed by atoms with Gasteiger partial charge in [0.05, 0.1) is 10.9 Å². The maximum atomic E-state index is 12.5. The van der Waals surface area contributed by atoms with Crippen LogP contribution in [0.5, 0.6) is 0 Å². The lowest BCUT2D eigenvalue weighted by atomic mass is 10.2. The van der Waals surface area contributed by atoms with Crippen molar-refractivity contribution in [3.63, 3.8) is 0 Å². The molecule has 0 aliphatic rings. The number of nitrogens with two attached hydrogens (primary N) is 1. The number of hydrogen-bond acceptors (Lipinski definition) is 5. The molecule has 0 radical (unpaired) electrons. The molecule has 21 heavy (non-hydrogen) atoms. The van der Waals surface area contributed by atoms with E-state index in [1.54, 1.807) is 30.2 Å². The van der Waals surface area contributed by atoms with Gasteiger partial charge in [-0.25, -0.2) is 13.6 Å². The Kier molecular flexibility index (Phi) is 4.52. The van der Waals surface area contributed by atoms with E-state index in [2.05, 4.69) is 0 Å². The molecule has 2 aromatic heterocycles. The number of sulfonamides is 1. The van der Waals surface area contributed by atoms with Crippen molar-refractivity contribution in [2.75, 3.05) is 7.05 Å². The Bertz CT molecular complexity index is 748. The van der Waals surface area contributed by atoms with Gasteiger partial charge in [0.1, 0.15) is 4.21 Å². The maximum absolute atomic E-state index is 12.5. The largest absolute Gasteiger partial charge is 0.333 e. The van der Waals surface area contributed by atoms with Crippen molar-refractivity contribution >= 4 is 38.6 Å². The predicted molar refractivity (Wildman–Crippen MR) is 85.3 cm³/mol. The molecule has 1 atom stereocenters. The second kappa shape index (κ2) is 5.88. The zero-order valence-corrected chi connectivity index (χ0v) is 14.3. The fraction of sp³-hybridized carbons (Fsp3) is 0.308. The number of hydrogen-bond donors (Lipinski definition) is 1. The van der Waals surface area contributed by atoms with Gasteiger partial charge in [-0.2, -0.15) is 0 Å². The van der Waals surface area contributed by atoms with E-state index in [4.69, 9.17) is 5.14 Å². The molecule has 0 aliphatic heterocycles. The summed E-state index contributed by atoms with van der Waals surface area (Å²) < 4.78 is 22.8. The molecule has 2 N–H and O–H groups in total. The fourth-order valence-corrected chi connectivity index (χ4v) is 4.63. The van der Waals surface area contributed by atoms with E-state index in [1.165, 1.54) is 6.07 Å². The van der Waals surface area contributed by atoms with Crippen LogP contribution in [0.2, 0.25) is 0 Å². The second-order valence-electron chi connectivity index (χ2n) is 4.73. The molecule has 0 spiro atoms. The molecule has 2 aromatic rings. The number of amides is 1. The molecule has 0 saturated heterocycles. The summed E-state index contributed by atoms with van der Waals surface area (Å²) in [6.07, 6.45) is 0. The summed E-state index contributed by atoms with van der Waals surface area (Å²) in [5.41, 5.74) is 0.624. The lowest BCUT2D eigenvalue weighted by molar-refractivity contribution is 0.0749. The van der Waals surface area contributed by atoms with E-state index < -0.39 is 10.0 Å². The van der Waals surface area contributed by atoms with Gasteiger partial charge in [-0.3, -0.25) is 4.79 Å². The molecule has 5 nitrogen and oxygen atoms in total. The first-order valence-electron chi connectivity index (χ1n) is 6.15. The van der Waals surface area contributed by atoms with Crippen molar-refractivity contribution in [2.24, 2.45) is 5.14 Å². The van der Waals surface area contributed by atoms with Crippen LogP contribution in [0.3, 0.4) is 0 Å². The Morgan fingerprint density at radius 2 is 2.10 bits per heavy atom. The van der Waals surface area contributed by atoms with Crippen LogP contribution in [0.4, 0.5) is 0 Å². The van der Waals surface area contributed by atoms with Gasteiger partial charge in [-0.05, 0) is 36.9 Å². The highest BCUT2D eigenvalue weighted by molar-refractivity contribution is 7.91. The van der Waals surface area contributed by atoms with Crippen LogP contribution >= 0.6 is 22.7 Å². The van der Waals surface area contributed by atoms with Gasteiger partial charge in [-0.15, -0.1) is 22.7 Å². The molecule has 8 heteroatoms. The minimum absolute atomic E-state index is 0.0144. The molecule has 0 bridgehead atoms. The van der Waals surface area contributed by atoms with E-state index in [1.807, 2.05) is 24.4 Å². The van der Waals surface area contributed by atoms with E-state index in [0.29, 0.717) is 10.4 Å². The lowest BCUT2D eigenvalue weighted by Gasteiger charge is -2.23. The monoisotopic (exact) mass is 344 g/mol. The van der Waals surface area contributed by atoms with Crippen molar-refractivity contribution in [1.82, 2.24) is 4.90 Å². The number of aryl methyl sites for hydroxylation is 1. The topological polar surface area (TPSA) is 80.5 Å². The molecule has 1 amide bonds. The third-order valence-electron chi connectivity index (χ3n) is 3.23. The van der Waals surface area contributed by atoms with Crippen LogP contribution in [0.25, 0.3) is 0 Å². The summed E-state index contributed by atoms with van der Waals surface area (Å²) in [4.78, 5) is 15.6. The standard InChI is InChI=1S/C13H16N2O3S3/c1-8-7-11(21(14,17)18)20-12(8)13(16)15(3)9(2)10-5-4-6-19-10/h4-7,9H,1-3H3,(H2,14,17,18). The number of nitrogens with zero attached hydrogens (tertiary/aromatic N) is 1. The van der Waals surface area contributed by atoms with E-state index in [9.17, 15) is 13.2 Å². The summed E-state index contributed by atoms with van der Waals surface area (Å²) in [5.74, 6) is -0.201. The van der Waals surface area contributed by atoms with Crippen LogP contribution < -0.4 is 5.14 Å². The van der Waals surface area contributed by atoms with Crippen LogP contribution in [-0.4, -0.2) is 26.3 Å². The molecule has 1 unspecified atom stereocenters. The van der Waals surface area contributed by atoms with E-state index in [-0.39, 0.29) is 16.2 Å². The normalized spacial score (nSPS) is 13.1. The van der Waals surface area contributed by atoms with Crippen LogP contribution in [0.1, 0.15) is 33.1 Å². The molecule has 2 heterocycles. The number of thiophene rings is 2. The Morgan fingerprint density at radius 1 is 1.43 bits per heavy atom. The van der Waals surface area contributed by atoms with Gasteiger partial charge in [0.2, 0.25) is 10.0 Å². The second-order valence-corrected chi connectivity index (χ2v) is 8.55. The molecule has 2 rings (SSSR count). The average Bonchev–Trinajstić information content (AvgIpc) is 3.04. The number of rotatable bonds is 4.